The SMILES string of the molecule is C=Cc1ccccc1N(C=O)C(C=C)CC(C)C. The van der Waals surface area contributed by atoms with Gasteiger partial charge in [0.1, 0.15) is 0 Å². The average molecular weight is 243 g/mol. The molecule has 0 aromatic heterocycles. The molecule has 18 heavy (non-hydrogen) atoms. The molecule has 0 aliphatic heterocycles. The fourth-order valence-corrected chi connectivity index (χ4v) is 2.02. The minimum Gasteiger partial charge on any atom is -0.308 e. The summed E-state index contributed by atoms with van der Waals surface area (Å²) in [7, 11) is 0. The summed E-state index contributed by atoms with van der Waals surface area (Å²) in [5, 5.41) is 0. The summed E-state index contributed by atoms with van der Waals surface area (Å²) in [4.78, 5) is 13.1. The van der Waals surface area contributed by atoms with E-state index in [9.17, 15) is 4.79 Å². The van der Waals surface area contributed by atoms with E-state index in [0.29, 0.717) is 5.92 Å². The monoisotopic (exact) mass is 243 g/mol. The fourth-order valence-electron chi connectivity index (χ4n) is 2.02. The number of nitrogens with zero attached hydrogens (tertiary/aromatic N) is 1. The second-order valence-corrected chi connectivity index (χ2v) is 4.71. The van der Waals surface area contributed by atoms with Gasteiger partial charge in [-0.3, -0.25) is 4.79 Å². The van der Waals surface area contributed by atoms with Gasteiger partial charge in [0, 0.05) is 0 Å². The van der Waals surface area contributed by atoms with E-state index in [4.69, 9.17) is 0 Å². The van der Waals surface area contributed by atoms with Crippen LogP contribution in [-0.4, -0.2) is 12.5 Å². The lowest BCUT2D eigenvalue weighted by Crippen LogP contribution is -2.34. The topological polar surface area (TPSA) is 20.3 Å². The van der Waals surface area contributed by atoms with Crippen LogP contribution in [0.5, 0.6) is 0 Å². The van der Waals surface area contributed by atoms with Crippen LogP contribution in [0.3, 0.4) is 0 Å². The number of rotatable bonds is 7. The number of hydrogen-bond acceptors (Lipinski definition) is 1. The number of hydrogen-bond donors (Lipinski definition) is 0. The maximum Gasteiger partial charge on any atom is 0.214 e. The van der Waals surface area contributed by atoms with E-state index < -0.39 is 0 Å². The summed E-state index contributed by atoms with van der Waals surface area (Å²) in [5.74, 6) is 0.506. The van der Waals surface area contributed by atoms with E-state index in [1.54, 1.807) is 11.0 Å². The van der Waals surface area contributed by atoms with Crippen molar-refractivity contribution in [1.29, 1.82) is 0 Å². The lowest BCUT2D eigenvalue weighted by Gasteiger charge is -2.28. The van der Waals surface area contributed by atoms with Crippen LogP contribution in [0.1, 0.15) is 25.8 Å². The molecule has 0 radical (unpaired) electrons. The lowest BCUT2D eigenvalue weighted by atomic mass is 10.0. The highest BCUT2D eigenvalue weighted by atomic mass is 16.1. The molecule has 0 aliphatic rings. The average Bonchev–Trinajstić information content (AvgIpc) is 2.38. The Labute approximate surface area is 110 Å². The smallest absolute Gasteiger partial charge is 0.214 e. The first-order valence-corrected chi connectivity index (χ1v) is 6.21. The first-order valence-electron chi connectivity index (χ1n) is 6.21. The summed E-state index contributed by atoms with van der Waals surface area (Å²) < 4.78 is 0. The normalized spacial score (nSPS) is 11.9. The molecule has 0 N–H and O–H groups in total. The van der Waals surface area contributed by atoms with Crippen molar-refractivity contribution in [3.8, 4) is 0 Å². The van der Waals surface area contributed by atoms with Gasteiger partial charge >= 0.3 is 0 Å². The molecule has 1 unspecified atom stereocenters. The van der Waals surface area contributed by atoms with Crippen molar-refractivity contribution in [2.45, 2.75) is 26.3 Å². The van der Waals surface area contributed by atoms with Crippen LogP contribution < -0.4 is 4.90 Å². The summed E-state index contributed by atoms with van der Waals surface area (Å²) in [6, 6.07) is 7.77. The van der Waals surface area contributed by atoms with Crippen molar-refractivity contribution < 1.29 is 4.79 Å². The largest absolute Gasteiger partial charge is 0.308 e. The van der Waals surface area contributed by atoms with Crippen molar-refractivity contribution >= 4 is 18.2 Å². The fraction of sp³-hybridized carbons (Fsp3) is 0.312. The first kappa shape index (κ1) is 14.2. The third-order valence-electron chi connectivity index (χ3n) is 2.89. The molecular weight excluding hydrogens is 222 g/mol. The van der Waals surface area contributed by atoms with Crippen molar-refractivity contribution in [3.05, 3.63) is 49.1 Å². The van der Waals surface area contributed by atoms with Gasteiger partial charge in [0.05, 0.1) is 11.7 Å². The first-order chi connectivity index (χ1) is 8.63. The molecule has 0 fully saturated rings. The molecule has 1 rings (SSSR count). The minimum atomic E-state index is 0.0172. The second kappa shape index (κ2) is 6.80. The summed E-state index contributed by atoms with van der Waals surface area (Å²) in [6.07, 6.45) is 5.36. The van der Waals surface area contributed by atoms with Gasteiger partial charge in [-0.1, -0.05) is 50.8 Å². The summed E-state index contributed by atoms with van der Waals surface area (Å²) >= 11 is 0. The molecule has 0 saturated heterocycles. The van der Waals surface area contributed by atoms with Gasteiger partial charge in [-0.2, -0.15) is 0 Å². The molecule has 2 nitrogen and oxygen atoms in total. The molecule has 0 saturated carbocycles. The molecule has 1 aromatic carbocycles. The highest BCUT2D eigenvalue weighted by Gasteiger charge is 2.18. The van der Waals surface area contributed by atoms with E-state index >= 15 is 0 Å². The number of carbonyl (C=O) groups excluding carboxylic acids is 1. The molecule has 96 valence electrons. The zero-order chi connectivity index (χ0) is 13.5. The van der Waals surface area contributed by atoms with E-state index in [0.717, 1.165) is 24.1 Å². The van der Waals surface area contributed by atoms with E-state index in [1.807, 2.05) is 30.3 Å². The number of anilines is 1. The molecule has 2 heteroatoms. The van der Waals surface area contributed by atoms with Crippen LogP contribution in [0.15, 0.2) is 43.5 Å². The summed E-state index contributed by atoms with van der Waals surface area (Å²) in [5.41, 5.74) is 1.84. The van der Waals surface area contributed by atoms with Crippen LogP contribution in [0.2, 0.25) is 0 Å². The molecule has 0 aliphatic carbocycles. The Hall–Kier alpha value is -1.83. The number of para-hydroxylation sites is 1. The predicted molar refractivity (Wildman–Crippen MR) is 78.5 cm³/mol. The van der Waals surface area contributed by atoms with Gasteiger partial charge in [0.15, 0.2) is 0 Å². The van der Waals surface area contributed by atoms with Gasteiger partial charge < -0.3 is 4.90 Å². The Balaban J connectivity index is 3.10. The third kappa shape index (κ3) is 3.33. The highest BCUT2D eigenvalue weighted by molar-refractivity contribution is 5.82. The Kier molecular flexibility index (Phi) is 5.37. The molecule has 0 heterocycles. The van der Waals surface area contributed by atoms with Crippen molar-refractivity contribution in [2.24, 2.45) is 5.92 Å². The van der Waals surface area contributed by atoms with Gasteiger partial charge in [0.25, 0.3) is 0 Å². The number of benzene rings is 1. The molecule has 1 amide bonds. The quantitative estimate of drug-likeness (QED) is 0.525. The second-order valence-electron chi connectivity index (χ2n) is 4.71. The van der Waals surface area contributed by atoms with Crippen LogP contribution in [0, 0.1) is 5.92 Å². The van der Waals surface area contributed by atoms with Gasteiger partial charge in [-0.05, 0) is 24.0 Å². The van der Waals surface area contributed by atoms with Gasteiger partial charge in [-0.15, -0.1) is 6.58 Å². The van der Waals surface area contributed by atoms with Crippen LogP contribution in [0.25, 0.3) is 6.08 Å². The zero-order valence-corrected chi connectivity index (χ0v) is 11.2. The van der Waals surface area contributed by atoms with Crippen LogP contribution in [-0.2, 0) is 4.79 Å². The maximum atomic E-state index is 11.4. The standard InChI is InChI=1S/C16H21NO/c1-5-14-9-7-8-10-16(14)17(12-18)15(6-2)11-13(3)4/h5-10,12-13,15H,1-2,11H2,3-4H3. The number of carbonyl (C=O) groups is 1. The van der Waals surface area contributed by atoms with Crippen molar-refractivity contribution in [3.63, 3.8) is 0 Å². The zero-order valence-electron chi connectivity index (χ0n) is 11.2. The molecule has 1 aromatic rings. The van der Waals surface area contributed by atoms with Crippen LogP contribution >= 0.6 is 0 Å². The highest BCUT2D eigenvalue weighted by Crippen LogP contribution is 2.25. The Morgan fingerprint density at radius 2 is 1.94 bits per heavy atom. The molecule has 0 bridgehead atoms. The van der Waals surface area contributed by atoms with Crippen molar-refractivity contribution in [1.82, 2.24) is 0 Å². The van der Waals surface area contributed by atoms with E-state index in [1.165, 1.54) is 0 Å². The van der Waals surface area contributed by atoms with Crippen LogP contribution in [0.4, 0.5) is 5.69 Å². The predicted octanol–water partition coefficient (Wildman–Crippen LogP) is 3.89. The number of amides is 1. The van der Waals surface area contributed by atoms with Crippen molar-refractivity contribution in [2.75, 3.05) is 4.90 Å². The third-order valence-corrected chi connectivity index (χ3v) is 2.89. The Morgan fingerprint density at radius 1 is 1.28 bits per heavy atom. The van der Waals surface area contributed by atoms with Gasteiger partial charge in [-0.25, -0.2) is 0 Å². The lowest BCUT2D eigenvalue weighted by molar-refractivity contribution is -0.107. The molecule has 0 spiro atoms. The van der Waals surface area contributed by atoms with E-state index in [2.05, 4.69) is 27.0 Å². The Bertz CT molecular complexity index is 423. The summed E-state index contributed by atoms with van der Waals surface area (Å²) in [6.45, 7) is 11.9. The Morgan fingerprint density at radius 3 is 2.44 bits per heavy atom. The van der Waals surface area contributed by atoms with Gasteiger partial charge in [0.2, 0.25) is 6.41 Å². The van der Waals surface area contributed by atoms with E-state index in [-0.39, 0.29) is 6.04 Å². The maximum absolute atomic E-state index is 11.4. The molecule has 1 atom stereocenters. The minimum absolute atomic E-state index is 0.0172. The molecular formula is C16H21NO.